The lowest BCUT2D eigenvalue weighted by molar-refractivity contribution is -0.127. The number of carbonyl (C=O) groups excluding carboxylic acids is 1. The first-order chi connectivity index (χ1) is 13.6. The molecule has 1 amide bonds. The zero-order valence-electron chi connectivity index (χ0n) is 15.6. The third-order valence-corrected chi connectivity index (χ3v) is 5.79. The molecule has 1 unspecified atom stereocenters. The third kappa shape index (κ3) is 4.17. The van der Waals surface area contributed by atoms with Crippen LogP contribution >= 0.6 is 0 Å². The van der Waals surface area contributed by atoms with E-state index in [1.807, 2.05) is 0 Å². The average molecular weight is 425 g/mol. The minimum Gasteiger partial charge on any atom is -0.382 e. The van der Waals surface area contributed by atoms with Crippen LogP contribution in [-0.4, -0.2) is 54.0 Å². The summed E-state index contributed by atoms with van der Waals surface area (Å²) in [5.41, 5.74) is 0.357. The van der Waals surface area contributed by atoms with Crippen LogP contribution in [0.15, 0.2) is 41.3 Å². The van der Waals surface area contributed by atoms with Crippen LogP contribution in [0.3, 0.4) is 0 Å². The highest BCUT2D eigenvalue weighted by Gasteiger charge is 2.22. The predicted molar refractivity (Wildman–Crippen MR) is 99.4 cm³/mol. The van der Waals surface area contributed by atoms with Crippen LogP contribution in [0.5, 0.6) is 0 Å². The van der Waals surface area contributed by atoms with Gasteiger partial charge < -0.3 is 10.2 Å². The van der Waals surface area contributed by atoms with Crippen LogP contribution in [0.2, 0.25) is 0 Å². The smallest absolute Gasteiger partial charge is 0.268 e. The van der Waals surface area contributed by atoms with Gasteiger partial charge in [-0.2, -0.15) is 0 Å². The van der Waals surface area contributed by atoms with Gasteiger partial charge in [-0.1, -0.05) is 4.85 Å². The number of sulfonamides is 1. The molecule has 0 aliphatic carbocycles. The highest BCUT2D eigenvalue weighted by Crippen LogP contribution is 2.19. The number of hydrogen-bond donors (Lipinski definition) is 1. The monoisotopic (exact) mass is 425 g/mol. The first-order valence-corrected chi connectivity index (χ1v) is 9.74. The molecule has 1 atom stereocenters. The van der Waals surface area contributed by atoms with Crippen LogP contribution < -0.4 is 10.2 Å². The fourth-order valence-corrected chi connectivity index (χ4v) is 3.27. The van der Waals surface area contributed by atoms with Gasteiger partial charge in [0, 0.05) is 20.2 Å². The number of benzene rings is 2. The van der Waals surface area contributed by atoms with Crippen molar-refractivity contribution in [1.29, 1.82) is 0 Å². The number of nitrogens with one attached hydrogen (secondary N) is 1. The van der Waals surface area contributed by atoms with Gasteiger partial charge >= 0.3 is 0 Å². The molecular formula is C17H17F2N5O4S. The second kappa shape index (κ2) is 7.72. The molecule has 12 heteroatoms. The van der Waals surface area contributed by atoms with Crippen molar-refractivity contribution in [2.75, 3.05) is 19.4 Å². The molecule has 3 aromatic rings. The molecule has 0 spiro atoms. The number of anilines is 1. The molecule has 0 radical (unpaired) electrons. The number of hydrogen-bond acceptors (Lipinski definition) is 6. The van der Waals surface area contributed by atoms with Gasteiger partial charge in [0.15, 0.2) is 0 Å². The van der Waals surface area contributed by atoms with Crippen molar-refractivity contribution >= 4 is 32.7 Å². The van der Waals surface area contributed by atoms with Crippen molar-refractivity contribution < 1.29 is 26.8 Å². The first kappa shape index (κ1) is 20.6. The topological polar surface area (TPSA) is 106 Å². The maximum atomic E-state index is 13.7. The second-order valence-corrected chi connectivity index (χ2v) is 8.41. The Hall–Kier alpha value is -3.12. The average Bonchev–Trinajstić information content (AvgIpc) is 3.05. The Labute approximate surface area is 164 Å². The van der Waals surface area contributed by atoms with Gasteiger partial charge in [-0.05, 0) is 42.5 Å². The largest absolute Gasteiger partial charge is 0.382 e. The molecular weight excluding hydrogens is 408 g/mol. The molecule has 0 aliphatic heterocycles. The summed E-state index contributed by atoms with van der Waals surface area (Å²) >= 11 is 0. The number of nitrogens with zero attached hydrogens (tertiary/aromatic N) is 4. The second-order valence-electron chi connectivity index (χ2n) is 6.26. The van der Waals surface area contributed by atoms with Gasteiger partial charge in [-0.3, -0.25) is 4.79 Å². The summed E-state index contributed by atoms with van der Waals surface area (Å²) in [7, 11) is -0.909. The van der Waals surface area contributed by atoms with Gasteiger partial charge in [-0.25, -0.2) is 21.5 Å². The Kier molecular flexibility index (Phi) is 5.48. The molecule has 0 aliphatic rings. The third-order valence-electron chi connectivity index (χ3n) is 3.98. The van der Waals surface area contributed by atoms with E-state index in [-0.39, 0.29) is 16.1 Å². The lowest BCUT2D eigenvalue weighted by Gasteiger charge is -2.15. The van der Waals surface area contributed by atoms with E-state index in [1.165, 1.54) is 39.2 Å². The molecule has 154 valence electrons. The summed E-state index contributed by atoms with van der Waals surface area (Å²) in [6.07, 6.45) is -1.15. The summed E-state index contributed by atoms with van der Waals surface area (Å²) in [5, 5.41) is 9.89. The number of fused-ring (bicyclic) bond motifs is 1. The molecule has 2 aromatic carbocycles. The molecule has 0 fully saturated rings. The normalized spacial score (nSPS) is 12.9. The van der Waals surface area contributed by atoms with Crippen molar-refractivity contribution in [1.82, 2.24) is 19.5 Å². The standard InChI is InChI=1S/C17H17F2N5O4S/c1-10(17(25)20-14-6-4-11(18)8-13(14)19)28-24-16-9-12(29(26,27)23(2)3)5-7-15(16)21-22-24/h4-10H,1-3H3,(H,20,25). The van der Waals surface area contributed by atoms with Crippen LogP contribution in [0.4, 0.5) is 14.5 Å². The Balaban J connectivity index is 1.82. The SMILES string of the molecule is CC(On1nnc2ccc(S(=O)(=O)N(C)C)cc21)C(=O)Nc1ccc(F)cc1F. The molecule has 1 N–H and O–H groups in total. The quantitative estimate of drug-likeness (QED) is 0.640. The molecule has 0 saturated carbocycles. The molecule has 1 aromatic heterocycles. The zero-order chi connectivity index (χ0) is 21.3. The Morgan fingerprint density at radius 2 is 1.93 bits per heavy atom. The van der Waals surface area contributed by atoms with Gasteiger partial charge in [-0.15, -0.1) is 5.10 Å². The summed E-state index contributed by atoms with van der Waals surface area (Å²) in [5.74, 6) is -2.44. The van der Waals surface area contributed by atoms with E-state index in [0.717, 1.165) is 21.3 Å². The van der Waals surface area contributed by atoms with Gasteiger partial charge in [0.2, 0.25) is 16.1 Å². The van der Waals surface area contributed by atoms with Crippen LogP contribution in [0.25, 0.3) is 11.0 Å². The zero-order valence-corrected chi connectivity index (χ0v) is 16.4. The predicted octanol–water partition coefficient (Wildman–Crippen LogP) is 1.42. The van der Waals surface area contributed by atoms with Crippen molar-refractivity contribution in [2.24, 2.45) is 0 Å². The maximum Gasteiger partial charge on any atom is 0.268 e. The molecule has 0 saturated heterocycles. The summed E-state index contributed by atoms with van der Waals surface area (Å²) < 4.78 is 52.3. The number of aromatic nitrogens is 3. The van der Waals surface area contributed by atoms with Crippen molar-refractivity contribution in [2.45, 2.75) is 17.9 Å². The molecule has 29 heavy (non-hydrogen) atoms. The lowest BCUT2D eigenvalue weighted by atomic mass is 10.2. The van der Waals surface area contributed by atoms with Crippen LogP contribution in [0.1, 0.15) is 6.92 Å². The van der Waals surface area contributed by atoms with E-state index >= 15 is 0 Å². The van der Waals surface area contributed by atoms with Crippen molar-refractivity contribution in [3.05, 3.63) is 48.0 Å². The van der Waals surface area contributed by atoms with Crippen LogP contribution in [-0.2, 0) is 14.8 Å². The van der Waals surface area contributed by atoms with Crippen molar-refractivity contribution in [3.63, 3.8) is 0 Å². The Morgan fingerprint density at radius 1 is 1.21 bits per heavy atom. The first-order valence-electron chi connectivity index (χ1n) is 8.30. The summed E-state index contributed by atoms with van der Waals surface area (Å²) in [4.78, 5) is 18.6. The van der Waals surface area contributed by atoms with Gasteiger partial charge in [0.05, 0.1) is 10.6 Å². The van der Waals surface area contributed by atoms with Gasteiger partial charge in [0.25, 0.3) is 5.91 Å². The van der Waals surface area contributed by atoms with Crippen molar-refractivity contribution in [3.8, 4) is 0 Å². The number of halogens is 2. The lowest BCUT2D eigenvalue weighted by Crippen LogP contribution is -2.35. The van der Waals surface area contributed by atoms with E-state index in [9.17, 15) is 22.0 Å². The van der Waals surface area contributed by atoms with Gasteiger partial charge in [0.1, 0.15) is 22.7 Å². The molecule has 3 rings (SSSR count). The summed E-state index contributed by atoms with van der Waals surface area (Å²) in [6, 6.07) is 6.87. The molecule has 9 nitrogen and oxygen atoms in total. The molecule has 0 bridgehead atoms. The minimum absolute atomic E-state index is 0.00682. The molecule has 1 heterocycles. The number of rotatable bonds is 6. The van der Waals surface area contributed by atoms with E-state index < -0.39 is 33.7 Å². The Bertz CT molecular complexity index is 1180. The Morgan fingerprint density at radius 3 is 2.59 bits per heavy atom. The number of carbonyl (C=O) groups is 1. The van der Waals surface area contributed by atoms with E-state index in [0.29, 0.717) is 11.6 Å². The fraction of sp³-hybridized carbons (Fsp3) is 0.235. The van der Waals surface area contributed by atoms with E-state index in [2.05, 4.69) is 15.6 Å². The summed E-state index contributed by atoms with van der Waals surface area (Å²) in [6.45, 7) is 1.38. The number of amides is 1. The minimum atomic E-state index is -3.70. The van der Waals surface area contributed by atoms with Crippen LogP contribution in [0, 0.1) is 11.6 Å². The van der Waals surface area contributed by atoms with E-state index in [4.69, 9.17) is 4.84 Å². The fourth-order valence-electron chi connectivity index (χ4n) is 2.35. The van der Waals surface area contributed by atoms with E-state index in [1.54, 1.807) is 0 Å². The maximum absolute atomic E-state index is 13.7. The highest BCUT2D eigenvalue weighted by atomic mass is 32.2. The highest BCUT2D eigenvalue weighted by molar-refractivity contribution is 7.89.